The molecule has 0 fully saturated rings. The summed E-state index contributed by atoms with van der Waals surface area (Å²) < 4.78 is 28.7. The second-order valence-corrected chi connectivity index (χ2v) is 4.89. The molecule has 0 amide bonds. The molecule has 2 heterocycles. The van der Waals surface area contributed by atoms with E-state index in [0.717, 1.165) is 0 Å². The van der Waals surface area contributed by atoms with E-state index in [9.17, 15) is 18.7 Å². The van der Waals surface area contributed by atoms with Crippen LogP contribution in [0.3, 0.4) is 0 Å². The van der Waals surface area contributed by atoms with Crippen LogP contribution in [0.25, 0.3) is 22.2 Å². The van der Waals surface area contributed by atoms with E-state index < -0.39 is 39.7 Å². The van der Waals surface area contributed by atoms with Crippen molar-refractivity contribution in [2.75, 3.05) is 5.73 Å². The minimum absolute atomic E-state index is 0. The number of nitrogens with one attached hydrogen (secondary N) is 1. The number of hydrogen-bond donors (Lipinski definition) is 2. The SMILES string of the molecule is Nc1c(F)c(-c2ccc3cc[nH]c3c2F)nc(C(=O)[O-])c1Cl.[Na+]. The van der Waals surface area contributed by atoms with Crippen LogP contribution in [0.1, 0.15) is 10.5 Å². The minimum atomic E-state index is -1.74. The Morgan fingerprint density at radius 1 is 1.26 bits per heavy atom. The number of aromatic carboxylic acids is 1. The van der Waals surface area contributed by atoms with Gasteiger partial charge in [-0.15, -0.1) is 0 Å². The Hall–Kier alpha value is -1.67. The Balaban J connectivity index is 0.00000192. The number of benzene rings is 1. The van der Waals surface area contributed by atoms with Crippen LogP contribution in [0.2, 0.25) is 5.02 Å². The van der Waals surface area contributed by atoms with Gasteiger partial charge >= 0.3 is 29.6 Å². The molecule has 112 valence electrons. The molecule has 0 aliphatic carbocycles. The molecule has 9 heteroatoms. The first-order valence-corrected chi connectivity index (χ1v) is 6.41. The third-order valence-electron chi connectivity index (χ3n) is 3.23. The van der Waals surface area contributed by atoms with Crippen LogP contribution < -0.4 is 40.4 Å². The molecule has 0 saturated heterocycles. The predicted molar refractivity (Wildman–Crippen MR) is 75.2 cm³/mol. The predicted octanol–water partition coefficient (Wildman–Crippen LogP) is -0.889. The van der Waals surface area contributed by atoms with Gasteiger partial charge < -0.3 is 20.6 Å². The van der Waals surface area contributed by atoms with E-state index in [2.05, 4.69) is 9.97 Å². The quantitative estimate of drug-likeness (QED) is 0.589. The van der Waals surface area contributed by atoms with Crippen molar-refractivity contribution in [3.8, 4) is 11.3 Å². The van der Waals surface area contributed by atoms with Crippen LogP contribution in [-0.4, -0.2) is 15.9 Å². The molecule has 0 atom stereocenters. The third-order valence-corrected chi connectivity index (χ3v) is 3.61. The Bertz CT molecular complexity index is 930. The maximum atomic E-state index is 14.5. The molecule has 23 heavy (non-hydrogen) atoms. The second kappa shape index (κ2) is 6.45. The number of anilines is 1. The van der Waals surface area contributed by atoms with Gasteiger partial charge in [-0.05, 0) is 12.1 Å². The van der Waals surface area contributed by atoms with Crippen molar-refractivity contribution in [1.29, 1.82) is 0 Å². The molecule has 3 aromatic rings. The Morgan fingerprint density at radius 3 is 2.61 bits per heavy atom. The number of H-pyrrole nitrogens is 1. The molecule has 0 aliphatic rings. The smallest absolute Gasteiger partial charge is 0.543 e. The minimum Gasteiger partial charge on any atom is -0.543 e. The summed E-state index contributed by atoms with van der Waals surface area (Å²) in [4.78, 5) is 17.2. The molecule has 3 rings (SSSR count). The van der Waals surface area contributed by atoms with Crippen molar-refractivity contribution in [2.24, 2.45) is 0 Å². The van der Waals surface area contributed by atoms with Crippen LogP contribution in [0.4, 0.5) is 14.5 Å². The molecule has 0 saturated carbocycles. The maximum Gasteiger partial charge on any atom is 1.00 e. The van der Waals surface area contributed by atoms with E-state index in [0.29, 0.717) is 5.39 Å². The first-order chi connectivity index (χ1) is 10.4. The number of nitrogen functional groups attached to an aromatic ring is 1. The zero-order chi connectivity index (χ0) is 16.0. The largest absolute Gasteiger partial charge is 1.00 e. The van der Waals surface area contributed by atoms with Gasteiger partial charge in [0.25, 0.3) is 0 Å². The van der Waals surface area contributed by atoms with Crippen LogP contribution >= 0.6 is 11.6 Å². The Kier molecular flexibility index (Phi) is 4.95. The standard InChI is InChI=1S/C14H8ClF2N3O2.Na/c15-7-10(18)9(17)12(20-13(7)14(21)22)6-2-1-5-3-4-19-11(5)8(6)16;/h1-4,19H,(H2,18,20)(H,21,22);/q;+1/p-1. The van der Waals surface area contributed by atoms with Crippen LogP contribution in [-0.2, 0) is 0 Å². The molecular formula is C14H7ClF2N3NaO2. The van der Waals surface area contributed by atoms with Crippen molar-refractivity contribution < 1.29 is 48.2 Å². The van der Waals surface area contributed by atoms with Crippen molar-refractivity contribution in [2.45, 2.75) is 0 Å². The van der Waals surface area contributed by atoms with E-state index >= 15 is 0 Å². The first-order valence-electron chi connectivity index (χ1n) is 6.03. The van der Waals surface area contributed by atoms with Gasteiger partial charge in [-0.1, -0.05) is 17.7 Å². The van der Waals surface area contributed by atoms with Crippen LogP contribution in [0, 0.1) is 11.6 Å². The number of carbonyl (C=O) groups is 1. The summed E-state index contributed by atoms with van der Waals surface area (Å²) in [5.74, 6) is -3.61. The number of halogens is 3. The normalized spacial score (nSPS) is 10.6. The third kappa shape index (κ3) is 2.81. The molecule has 3 N–H and O–H groups in total. The average Bonchev–Trinajstić information content (AvgIpc) is 2.95. The fourth-order valence-electron chi connectivity index (χ4n) is 2.15. The van der Waals surface area contributed by atoms with E-state index in [1.807, 2.05) is 0 Å². The number of pyridine rings is 1. The van der Waals surface area contributed by atoms with Crippen molar-refractivity contribution in [1.82, 2.24) is 9.97 Å². The van der Waals surface area contributed by atoms with Gasteiger partial charge in [0.1, 0.15) is 11.4 Å². The fourth-order valence-corrected chi connectivity index (χ4v) is 2.35. The number of aromatic amines is 1. The molecular weight excluding hydrogens is 339 g/mol. The first kappa shape index (κ1) is 17.7. The van der Waals surface area contributed by atoms with Crippen molar-refractivity contribution in [3.05, 3.63) is 46.7 Å². The monoisotopic (exact) mass is 345 g/mol. The van der Waals surface area contributed by atoms with Gasteiger partial charge in [-0.3, -0.25) is 0 Å². The summed E-state index contributed by atoms with van der Waals surface area (Å²) >= 11 is 5.62. The van der Waals surface area contributed by atoms with E-state index in [1.165, 1.54) is 18.3 Å². The van der Waals surface area contributed by atoms with Crippen LogP contribution in [0.15, 0.2) is 24.4 Å². The zero-order valence-corrected chi connectivity index (χ0v) is 14.5. The van der Waals surface area contributed by atoms with E-state index in [1.54, 1.807) is 6.07 Å². The number of carbonyl (C=O) groups excluding carboxylic acids is 1. The number of carboxylic acid groups (broad SMARTS) is 1. The van der Waals surface area contributed by atoms with Crippen molar-refractivity contribution >= 4 is 34.2 Å². The van der Waals surface area contributed by atoms with Gasteiger partial charge in [0.2, 0.25) is 0 Å². The topological polar surface area (TPSA) is 94.8 Å². The molecule has 0 aliphatic heterocycles. The van der Waals surface area contributed by atoms with Gasteiger partial charge in [0.05, 0.1) is 22.2 Å². The molecule has 0 unspecified atom stereocenters. The average molecular weight is 346 g/mol. The van der Waals surface area contributed by atoms with Gasteiger partial charge in [-0.2, -0.15) is 0 Å². The van der Waals surface area contributed by atoms with Gasteiger partial charge in [-0.25, -0.2) is 13.8 Å². The number of carboxylic acids is 1. The number of rotatable bonds is 2. The van der Waals surface area contributed by atoms with Crippen molar-refractivity contribution in [3.63, 3.8) is 0 Å². The number of hydrogen-bond acceptors (Lipinski definition) is 4. The molecule has 0 radical (unpaired) electrons. The summed E-state index contributed by atoms with van der Waals surface area (Å²) in [5, 5.41) is 11.0. The zero-order valence-electron chi connectivity index (χ0n) is 11.8. The maximum absolute atomic E-state index is 14.5. The summed E-state index contributed by atoms with van der Waals surface area (Å²) in [6, 6.07) is 4.45. The fraction of sp³-hybridized carbons (Fsp3) is 0. The number of nitrogens with two attached hydrogens (primary N) is 1. The number of nitrogens with zero attached hydrogens (tertiary/aromatic N) is 1. The summed E-state index contributed by atoms with van der Waals surface area (Å²) in [7, 11) is 0. The number of fused-ring (bicyclic) bond motifs is 1. The molecule has 5 nitrogen and oxygen atoms in total. The Morgan fingerprint density at radius 2 is 1.96 bits per heavy atom. The molecule has 0 bridgehead atoms. The van der Waals surface area contributed by atoms with E-state index in [-0.39, 0.29) is 40.6 Å². The van der Waals surface area contributed by atoms with E-state index in [4.69, 9.17) is 17.3 Å². The molecule has 2 aromatic heterocycles. The summed E-state index contributed by atoms with van der Waals surface area (Å²) in [5.41, 5.74) is 3.41. The summed E-state index contributed by atoms with van der Waals surface area (Å²) in [6.45, 7) is 0. The summed E-state index contributed by atoms with van der Waals surface area (Å²) in [6.07, 6.45) is 1.52. The molecule has 0 spiro atoms. The van der Waals surface area contributed by atoms with Gasteiger partial charge in [0.15, 0.2) is 11.6 Å². The number of aromatic nitrogens is 2. The molecule has 1 aromatic carbocycles. The Labute approximate surface area is 155 Å². The van der Waals surface area contributed by atoms with Gasteiger partial charge in [0, 0.05) is 17.1 Å². The second-order valence-electron chi connectivity index (χ2n) is 4.51. The van der Waals surface area contributed by atoms with Crippen LogP contribution in [0.5, 0.6) is 0 Å².